The summed E-state index contributed by atoms with van der Waals surface area (Å²) in [5.74, 6) is 0. The Bertz CT molecular complexity index is 118. The molecule has 0 radical (unpaired) electrons. The van der Waals surface area contributed by atoms with Crippen molar-refractivity contribution < 1.29 is 8.74 Å². The minimum absolute atomic E-state index is 0.510. The van der Waals surface area contributed by atoms with Crippen LogP contribution >= 0.6 is 11.0 Å². The standard InChI is InChI=1S/C5H14N2O2S/c1-4-5-7(2)10(6,8)9-3/h4,8H,1,5-6H2,2-3H3. The number of nitrogens with two attached hydrogens (primary N) is 1. The second kappa shape index (κ2) is 3.95. The summed E-state index contributed by atoms with van der Waals surface area (Å²) in [5, 5.41) is 5.34. The second-order valence-electron chi connectivity index (χ2n) is 1.80. The van der Waals surface area contributed by atoms with E-state index in [1.54, 1.807) is 13.1 Å². The van der Waals surface area contributed by atoms with E-state index in [-0.39, 0.29) is 0 Å². The molecule has 0 aliphatic heterocycles. The van der Waals surface area contributed by atoms with Crippen molar-refractivity contribution >= 4 is 11.0 Å². The largest absolute Gasteiger partial charge is 0.272 e. The highest BCUT2D eigenvalue weighted by Crippen LogP contribution is 2.37. The lowest BCUT2D eigenvalue weighted by atomic mass is 10.6. The van der Waals surface area contributed by atoms with Crippen LogP contribution in [0, 0.1) is 0 Å². The monoisotopic (exact) mass is 166 g/mol. The molecule has 0 saturated carbocycles. The molecule has 62 valence electrons. The number of hydrogen-bond donors (Lipinski definition) is 2. The summed E-state index contributed by atoms with van der Waals surface area (Å²) < 4.78 is 15.4. The van der Waals surface area contributed by atoms with E-state index in [1.165, 1.54) is 11.4 Å². The Morgan fingerprint density at radius 2 is 2.40 bits per heavy atom. The topological polar surface area (TPSA) is 58.7 Å². The molecule has 4 nitrogen and oxygen atoms in total. The summed E-state index contributed by atoms with van der Waals surface area (Å²) in [6, 6.07) is 0. The summed E-state index contributed by atoms with van der Waals surface area (Å²) >= 11 is 0. The Kier molecular flexibility index (Phi) is 3.92. The van der Waals surface area contributed by atoms with E-state index in [0.717, 1.165) is 0 Å². The lowest BCUT2D eigenvalue weighted by molar-refractivity contribution is 0.340. The van der Waals surface area contributed by atoms with Crippen molar-refractivity contribution in [3.8, 4) is 0 Å². The normalized spacial score (nSPS) is 20.1. The average molecular weight is 166 g/mol. The van der Waals surface area contributed by atoms with Gasteiger partial charge in [0, 0.05) is 13.6 Å². The molecule has 0 spiro atoms. The summed E-state index contributed by atoms with van der Waals surface area (Å²) in [6.07, 6.45) is 1.64. The third kappa shape index (κ3) is 2.68. The zero-order valence-electron chi connectivity index (χ0n) is 6.28. The fourth-order valence-electron chi connectivity index (χ4n) is 0.416. The van der Waals surface area contributed by atoms with Crippen molar-refractivity contribution in [2.75, 3.05) is 20.7 Å². The summed E-state index contributed by atoms with van der Waals surface area (Å²) in [7, 11) is 0.539. The van der Waals surface area contributed by atoms with Gasteiger partial charge in [-0.2, -0.15) is 4.31 Å². The molecule has 0 aliphatic carbocycles. The van der Waals surface area contributed by atoms with Gasteiger partial charge in [0.25, 0.3) is 0 Å². The van der Waals surface area contributed by atoms with Gasteiger partial charge >= 0.3 is 0 Å². The van der Waals surface area contributed by atoms with Gasteiger partial charge < -0.3 is 0 Å². The zero-order chi connectivity index (χ0) is 8.20. The lowest BCUT2D eigenvalue weighted by Crippen LogP contribution is -2.30. The van der Waals surface area contributed by atoms with Gasteiger partial charge in [0.15, 0.2) is 0 Å². The Morgan fingerprint density at radius 3 is 2.70 bits per heavy atom. The minimum atomic E-state index is -2.50. The summed E-state index contributed by atoms with van der Waals surface area (Å²) in [6.45, 7) is 4.01. The van der Waals surface area contributed by atoms with Crippen LogP contribution in [0.2, 0.25) is 0 Å². The number of nitrogens with zero attached hydrogens (tertiary/aromatic N) is 1. The van der Waals surface area contributed by atoms with Crippen molar-refractivity contribution in [1.82, 2.24) is 4.31 Å². The Balaban J connectivity index is 3.89. The van der Waals surface area contributed by atoms with Crippen LogP contribution in [0.1, 0.15) is 0 Å². The van der Waals surface area contributed by atoms with Gasteiger partial charge in [0.1, 0.15) is 0 Å². The van der Waals surface area contributed by atoms with Gasteiger partial charge in [-0.25, -0.2) is 5.14 Å². The van der Waals surface area contributed by atoms with Gasteiger partial charge in [-0.05, 0) is 0 Å². The van der Waals surface area contributed by atoms with Crippen LogP contribution < -0.4 is 5.14 Å². The molecule has 0 aliphatic rings. The number of likely N-dealkylation sites (N-methyl/N-ethyl adjacent to an activating group) is 1. The SMILES string of the molecule is C=CCN(C)S(N)(O)OC. The molecule has 0 aromatic carbocycles. The molecule has 0 saturated heterocycles. The predicted molar refractivity (Wildman–Crippen MR) is 44.2 cm³/mol. The second-order valence-corrected chi connectivity index (χ2v) is 3.84. The van der Waals surface area contributed by atoms with Crippen LogP contribution in [-0.2, 0) is 4.18 Å². The molecule has 1 unspecified atom stereocenters. The van der Waals surface area contributed by atoms with Crippen LogP contribution in [-0.4, -0.2) is 29.6 Å². The molecule has 0 rings (SSSR count). The molecule has 5 heteroatoms. The van der Waals surface area contributed by atoms with Gasteiger partial charge in [-0.1, -0.05) is 17.0 Å². The third-order valence-corrected chi connectivity index (χ3v) is 2.61. The van der Waals surface area contributed by atoms with E-state index in [0.29, 0.717) is 6.54 Å². The summed E-state index contributed by atoms with van der Waals surface area (Å²) in [4.78, 5) is 0. The molecule has 1 atom stereocenters. The molecular weight excluding hydrogens is 152 g/mol. The van der Waals surface area contributed by atoms with E-state index >= 15 is 0 Å². The highest BCUT2D eigenvalue weighted by Gasteiger charge is 2.13. The molecule has 0 fully saturated rings. The Hall–Kier alpha value is -0.0700. The predicted octanol–water partition coefficient (Wildman–Crippen LogP) is 0.732. The third-order valence-electron chi connectivity index (χ3n) is 1.08. The zero-order valence-corrected chi connectivity index (χ0v) is 7.10. The highest BCUT2D eigenvalue weighted by molar-refractivity contribution is 8.21. The van der Waals surface area contributed by atoms with E-state index in [9.17, 15) is 4.55 Å². The van der Waals surface area contributed by atoms with Crippen molar-refractivity contribution in [2.45, 2.75) is 0 Å². The van der Waals surface area contributed by atoms with Crippen LogP contribution in [0.5, 0.6) is 0 Å². The molecule has 0 aromatic rings. The van der Waals surface area contributed by atoms with Gasteiger partial charge in [0.2, 0.25) is 0 Å². The van der Waals surface area contributed by atoms with Gasteiger partial charge in [-0.15, -0.1) is 6.58 Å². The van der Waals surface area contributed by atoms with Gasteiger partial charge in [0.05, 0.1) is 7.11 Å². The number of rotatable bonds is 4. The fraction of sp³-hybridized carbons (Fsp3) is 0.600. The Morgan fingerprint density at radius 1 is 1.90 bits per heavy atom. The Labute approximate surface area is 63.3 Å². The maximum atomic E-state index is 9.24. The lowest BCUT2D eigenvalue weighted by Gasteiger charge is -2.38. The van der Waals surface area contributed by atoms with Gasteiger partial charge in [-0.3, -0.25) is 8.74 Å². The van der Waals surface area contributed by atoms with Crippen molar-refractivity contribution in [1.29, 1.82) is 0 Å². The highest BCUT2D eigenvalue weighted by atomic mass is 32.3. The smallest absolute Gasteiger partial charge is 0.0634 e. The molecular formula is C5H14N2O2S. The molecule has 0 amide bonds. The van der Waals surface area contributed by atoms with E-state index < -0.39 is 11.0 Å². The minimum Gasteiger partial charge on any atom is -0.272 e. The van der Waals surface area contributed by atoms with Crippen LogP contribution in [0.25, 0.3) is 0 Å². The fourth-order valence-corrected chi connectivity index (χ4v) is 0.989. The first-order valence-corrected chi connectivity index (χ1v) is 4.29. The van der Waals surface area contributed by atoms with E-state index in [4.69, 9.17) is 5.14 Å². The maximum Gasteiger partial charge on any atom is 0.0634 e. The number of hydrogen-bond acceptors (Lipinski definition) is 4. The van der Waals surface area contributed by atoms with Crippen molar-refractivity contribution in [2.24, 2.45) is 5.14 Å². The average Bonchev–Trinajstić information content (AvgIpc) is 1.89. The molecule has 0 heterocycles. The first-order chi connectivity index (χ1) is 4.54. The van der Waals surface area contributed by atoms with E-state index in [2.05, 4.69) is 10.8 Å². The first-order valence-electron chi connectivity index (χ1n) is 2.76. The molecule has 3 N–H and O–H groups in total. The van der Waals surface area contributed by atoms with Crippen molar-refractivity contribution in [3.05, 3.63) is 12.7 Å². The molecule has 0 aromatic heterocycles. The molecule has 10 heavy (non-hydrogen) atoms. The maximum absolute atomic E-state index is 9.24. The van der Waals surface area contributed by atoms with Crippen LogP contribution in [0.15, 0.2) is 12.7 Å². The first kappa shape index (κ1) is 9.93. The summed E-state index contributed by atoms with van der Waals surface area (Å²) in [5.41, 5.74) is 0. The van der Waals surface area contributed by atoms with Crippen molar-refractivity contribution in [3.63, 3.8) is 0 Å². The van der Waals surface area contributed by atoms with Crippen LogP contribution in [0.4, 0.5) is 0 Å². The van der Waals surface area contributed by atoms with Crippen LogP contribution in [0.3, 0.4) is 0 Å². The quantitative estimate of drug-likeness (QED) is 0.604. The molecule has 0 bridgehead atoms. The van der Waals surface area contributed by atoms with E-state index in [1.807, 2.05) is 0 Å².